The molecular formula is C28H33N3O2. The second kappa shape index (κ2) is 14.2. The third-order valence-electron chi connectivity index (χ3n) is 4.51. The third-order valence-corrected chi connectivity index (χ3v) is 4.51. The summed E-state index contributed by atoms with van der Waals surface area (Å²) in [6.07, 6.45) is 0. The Kier molecular flexibility index (Phi) is 10.9. The maximum atomic E-state index is 5.87. The maximum absolute atomic E-state index is 5.87. The van der Waals surface area contributed by atoms with Crippen LogP contribution in [0.3, 0.4) is 0 Å². The van der Waals surface area contributed by atoms with E-state index >= 15 is 0 Å². The van der Waals surface area contributed by atoms with Crippen molar-refractivity contribution in [2.45, 2.75) is 13.8 Å². The van der Waals surface area contributed by atoms with Crippen molar-refractivity contribution in [3.8, 4) is 22.6 Å². The first kappa shape index (κ1) is 25.3. The molecule has 5 nitrogen and oxygen atoms in total. The van der Waals surface area contributed by atoms with Gasteiger partial charge in [-0.15, -0.1) is 0 Å². The van der Waals surface area contributed by atoms with Crippen LogP contribution in [0, 0.1) is 0 Å². The van der Waals surface area contributed by atoms with Gasteiger partial charge in [-0.05, 0) is 50.2 Å². The van der Waals surface area contributed by atoms with Gasteiger partial charge in [0.15, 0.2) is 0 Å². The van der Waals surface area contributed by atoms with Gasteiger partial charge in [0.2, 0.25) is 0 Å². The minimum absolute atomic E-state index is 0.649. The summed E-state index contributed by atoms with van der Waals surface area (Å²) in [5.41, 5.74) is 21.6. The molecule has 172 valence electrons. The highest BCUT2D eigenvalue weighted by atomic mass is 16.5. The Morgan fingerprint density at radius 1 is 0.515 bits per heavy atom. The highest BCUT2D eigenvalue weighted by Crippen LogP contribution is 2.29. The monoisotopic (exact) mass is 443 g/mol. The molecule has 33 heavy (non-hydrogen) atoms. The predicted molar refractivity (Wildman–Crippen MR) is 140 cm³/mol. The Hall–Kier alpha value is -3.96. The van der Waals surface area contributed by atoms with Gasteiger partial charge in [0.05, 0.1) is 5.69 Å². The summed E-state index contributed by atoms with van der Waals surface area (Å²) in [4.78, 5) is 0. The molecule has 0 spiro atoms. The van der Waals surface area contributed by atoms with Crippen LogP contribution in [0.1, 0.15) is 13.8 Å². The van der Waals surface area contributed by atoms with E-state index in [1.807, 2.05) is 117 Å². The molecule has 4 aromatic rings. The molecule has 0 amide bonds. The molecule has 0 aliphatic heterocycles. The Morgan fingerprint density at radius 3 is 1.36 bits per heavy atom. The van der Waals surface area contributed by atoms with Gasteiger partial charge in [-0.3, -0.25) is 0 Å². The largest absolute Gasteiger partial charge is 0.455 e. The van der Waals surface area contributed by atoms with E-state index in [-0.39, 0.29) is 0 Å². The molecule has 0 radical (unpaired) electrons. The van der Waals surface area contributed by atoms with Gasteiger partial charge >= 0.3 is 0 Å². The summed E-state index contributed by atoms with van der Waals surface area (Å²) < 4.78 is 10.4. The van der Waals surface area contributed by atoms with Crippen LogP contribution in [0.5, 0.6) is 11.5 Å². The van der Waals surface area contributed by atoms with E-state index in [0.29, 0.717) is 11.4 Å². The van der Waals surface area contributed by atoms with Crippen LogP contribution in [-0.2, 0) is 4.74 Å². The molecule has 0 saturated carbocycles. The molecule has 0 unspecified atom stereocenters. The zero-order chi connectivity index (χ0) is 23.9. The second-order valence-electron chi connectivity index (χ2n) is 6.91. The molecule has 0 fully saturated rings. The van der Waals surface area contributed by atoms with Crippen molar-refractivity contribution in [2.75, 3.05) is 30.4 Å². The van der Waals surface area contributed by atoms with E-state index in [2.05, 4.69) is 0 Å². The zero-order valence-corrected chi connectivity index (χ0v) is 19.3. The van der Waals surface area contributed by atoms with Crippen LogP contribution in [-0.4, -0.2) is 13.2 Å². The van der Waals surface area contributed by atoms with Crippen molar-refractivity contribution in [3.05, 3.63) is 103 Å². The van der Waals surface area contributed by atoms with Crippen molar-refractivity contribution in [1.82, 2.24) is 0 Å². The lowest BCUT2D eigenvalue weighted by Crippen LogP contribution is -1.93. The van der Waals surface area contributed by atoms with Crippen molar-refractivity contribution < 1.29 is 9.47 Å². The lowest BCUT2D eigenvalue weighted by Gasteiger charge is -2.07. The number of nitrogen functional groups attached to an aromatic ring is 3. The van der Waals surface area contributed by atoms with Gasteiger partial charge in [-0.2, -0.15) is 0 Å². The Bertz CT molecular complexity index is 1040. The van der Waals surface area contributed by atoms with Crippen molar-refractivity contribution in [3.63, 3.8) is 0 Å². The Morgan fingerprint density at radius 2 is 0.939 bits per heavy atom. The van der Waals surface area contributed by atoms with Gasteiger partial charge in [0.1, 0.15) is 11.5 Å². The smallest absolute Gasteiger partial charge is 0.150 e. The highest BCUT2D eigenvalue weighted by Gasteiger charge is 2.03. The molecule has 4 rings (SSSR count). The lowest BCUT2D eigenvalue weighted by atomic mass is 10.0. The third kappa shape index (κ3) is 8.59. The molecule has 0 aromatic heterocycles. The summed E-state index contributed by atoms with van der Waals surface area (Å²) >= 11 is 0. The van der Waals surface area contributed by atoms with Gasteiger partial charge in [-0.25, -0.2) is 0 Å². The molecular weight excluding hydrogens is 410 g/mol. The zero-order valence-electron chi connectivity index (χ0n) is 19.3. The topological polar surface area (TPSA) is 96.5 Å². The fourth-order valence-corrected chi connectivity index (χ4v) is 2.88. The standard InChI is InChI=1S/C12H12N2.C12H11NO.C4H10O/c13-11-7-3-1-5-9(11)10-6-2-4-8-12(10)14;13-11-8-4-5-9-12(11)14-10-6-2-1-3-7-10;1-3-5-4-2/h1-8H,13-14H2;1-9H,13H2;3-4H2,1-2H3. The van der Waals surface area contributed by atoms with Crippen LogP contribution in [0.4, 0.5) is 17.1 Å². The fraction of sp³-hybridized carbons (Fsp3) is 0.143. The number of para-hydroxylation sites is 5. The molecule has 5 heteroatoms. The molecule has 0 aliphatic rings. The lowest BCUT2D eigenvalue weighted by molar-refractivity contribution is 0.162. The van der Waals surface area contributed by atoms with E-state index in [1.165, 1.54) is 0 Å². The first-order valence-corrected chi connectivity index (χ1v) is 10.9. The Labute approximate surface area is 196 Å². The Balaban J connectivity index is 0.000000195. The van der Waals surface area contributed by atoms with Crippen LogP contribution in [0.25, 0.3) is 11.1 Å². The molecule has 0 heterocycles. The number of rotatable bonds is 5. The minimum atomic E-state index is 0.649. The van der Waals surface area contributed by atoms with Gasteiger partial charge in [0.25, 0.3) is 0 Å². The first-order valence-electron chi connectivity index (χ1n) is 10.9. The number of benzene rings is 4. The maximum Gasteiger partial charge on any atom is 0.150 e. The average Bonchev–Trinajstić information content (AvgIpc) is 2.84. The van der Waals surface area contributed by atoms with Crippen molar-refractivity contribution >= 4 is 17.1 Å². The number of nitrogens with two attached hydrogens (primary N) is 3. The van der Waals surface area contributed by atoms with E-state index in [4.69, 9.17) is 26.7 Å². The van der Waals surface area contributed by atoms with E-state index < -0.39 is 0 Å². The van der Waals surface area contributed by atoms with E-state index in [1.54, 1.807) is 0 Å². The van der Waals surface area contributed by atoms with E-state index in [0.717, 1.165) is 41.5 Å². The quantitative estimate of drug-likeness (QED) is 0.301. The summed E-state index contributed by atoms with van der Waals surface area (Å²) in [7, 11) is 0. The normalized spacial score (nSPS) is 9.64. The second-order valence-corrected chi connectivity index (χ2v) is 6.91. The molecule has 4 aromatic carbocycles. The number of hydrogen-bond acceptors (Lipinski definition) is 5. The number of ether oxygens (including phenoxy) is 2. The van der Waals surface area contributed by atoms with Crippen LogP contribution in [0.15, 0.2) is 103 Å². The van der Waals surface area contributed by atoms with E-state index in [9.17, 15) is 0 Å². The summed E-state index contributed by atoms with van der Waals surface area (Å²) in [5, 5.41) is 0. The SMILES string of the molecule is CCOCC.Nc1ccccc1-c1ccccc1N.Nc1ccccc1Oc1ccccc1. The molecule has 0 bridgehead atoms. The van der Waals surface area contributed by atoms with Crippen LogP contribution < -0.4 is 21.9 Å². The molecule has 0 atom stereocenters. The summed E-state index contributed by atoms with van der Waals surface area (Å²) in [5.74, 6) is 1.49. The highest BCUT2D eigenvalue weighted by molar-refractivity contribution is 5.83. The molecule has 0 saturated heterocycles. The van der Waals surface area contributed by atoms with Gasteiger partial charge in [0, 0.05) is 35.7 Å². The average molecular weight is 444 g/mol. The van der Waals surface area contributed by atoms with Gasteiger partial charge in [-0.1, -0.05) is 66.7 Å². The summed E-state index contributed by atoms with van der Waals surface area (Å²) in [6, 6.07) is 32.5. The molecule has 6 N–H and O–H groups in total. The first-order chi connectivity index (χ1) is 16.1. The summed E-state index contributed by atoms with van der Waals surface area (Å²) in [6.45, 7) is 5.67. The fourth-order valence-electron chi connectivity index (χ4n) is 2.88. The molecule has 0 aliphatic carbocycles. The number of anilines is 3. The van der Waals surface area contributed by atoms with Crippen molar-refractivity contribution in [2.24, 2.45) is 0 Å². The number of hydrogen-bond donors (Lipinski definition) is 3. The minimum Gasteiger partial charge on any atom is -0.455 e. The van der Waals surface area contributed by atoms with Crippen molar-refractivity contribution in [1.29, 1.82) is 0 Å². The van der Waals surface area contributed by atoms with Gasteiger partial charge < -0.3 is 26.7 Å². The van der Waals surface area contributed by atoms with Crippen LogP contribution in [0.2, 0.25) is 0 Å². The predicted octanol–water partition coefficient (Wildman–Crippen LogP) is 6.62. The van der Waals surface area contributed by atoms with Crippen LogP contribution >= 0.6 is 0 Å².